The van der Waals surface area contributed by atoms with Gasteiger partial charge < -0.3 is 9.84 Å². The Balaban J connectivity index is 1.96. The summed E-state index contributed by atoms with van der Waals surface area (Å²) in [5, 5.41) is 13.1. The molecular formula is C24H21NO4S. The van der Waals surface area contributed by atoms with Crippen molar-refractivity contribution < 1.29 is 19.4 Å². The van der Waals surface area contributed by atoms with E-state index < -0.39 is 17.7 Å². The van der Waals surface area contributed by atoms with Crippen molar-refractivity contribution in [3.8, 4) is 5.75 Å². The lowest BCUT2D eigenvalue weighted by Gasteiger charge is -2.25. The monoisotopic (exact) mass is 419 g/mol. The van der Waals surface area contributed by atoms with Gasteiger partial charge in [0.05, 0.1) is 12.7 Å². The number of aliphatic hydroxyl groups is 1. The van der Waals surface area contributed by atoms with Crippen molar-refractivity contribution in [2.45, 2.75) is 19.9 Å². The van der Waals surface area contributed by atoms with Gasteiger partial charge in [0.15, 0.2) is 0 Å². The van der Waals surface area contributed by atoms with Gasteiger partial charge >= 0.3 is 0 Å². The van der Waals surface area contributed by atoms with E-state index in [0.717, 1.165) is 16.0 Å². The molecule has 1 N–H and O–H groups in total. The number of carbonyl (C=O) groups is 2. The summed E-state index contributed by atoms with van der Waals surface area (Å²) in [5.74, 6) is -1.01. The number of rotatable bonds is 4. The number of aliphatic hydroxyl groups excluding tert-OH is 1. The van der Waals surface area contributed by atoms with Crippen LogP contribution in [0.4, 0.5) is 5.69 Å². The molecule has 2 heterocycles. The molecule has 0 saturated carbocycles. The maximum atomic E-state index is 13.1. The maximum absolute atomic E-state index is 13.1. The Kier molecular flexibility index (Phi) is 5.18. The fourth-order valence-electron chi connectivity index (χ4n) is 3.72. The van der Waals surface area contributed by atoms with E-state index in [9.17, 15) is 14.7 Å². The summed E-state index contributed by atoms with van der Waals surface area (Å²) in [6, 6.07) is 15.5. The van der Waals surface area contributed by atoms with Gasteiger partial charge in [0, 0.05) is 16.1 Å². The fourth-order valence-corrected chi connectivity index (χ4v) is 4.74. The van der Waals surface area contributed by atoms with Gasteiger partial charge in [-0.2, -0.15) is 0 Å². The SMILES string of the molecule is COc1cccc(/C(O)=C2/C(=O)C(=O)N(c3cccc(C)c3)C2c2sccc2C)c1. The molecule has 4 rings (SSSR count). The van der Waals surface area contributed by atoms with Crippen LogP contribution in [0, 0.1) is 13.8 Å². The number of hydrogen-bond acceptors (Lipinski definition) is 5. The minimum atomic E-state index is -0.699. The first-order chi connectivity index (χ1) is 14.4. The van der Waals surface area contributed by atoms with Crippen molar-refractivity contribution in [2.24, 2.45) is 0 Å². The predicted octanol–water partition coefficient (Wildman–Crippen LogP) is 5.00. The van der Waals surface area contributed by atoms with Crippen LogP contribution < -0.4 is 9.64 Å². The van der Waals surface area contributed by atoms with Crippen molar-refractivity contribution in [3.63, 3.8) is 0 Å². The number of benzene rings is 2. The number of hydrogen-bond donors (Lipinski definition) is 1. The van der Waals surface area contributed by atoms with E-state index in [1.807, 2.05) is 43.5 Å². The summed E-state index contributed by atoms with van der Waals surface area (Å²) >= 11 is 1.46. The Morgan fingerprint density at radius 1 is 1.07 bits per heavy atom. The highest BCUT2D eigenvalue weighted by Crippen LogP contribution is 2.45. The van der Waals surface area contributed by atoms with Crippen molar-refractivity contribution >= 4 is 34.5 Å². The molecule has 1 amide bonds. The average molecular weight is 420 g/mol. The van der Waals surface area contributed by atoms with Crippen molar-refractivity contribution in [2.75, 3.05) is 12.0 Å². The normalized spacial score (nSPS) is 18.1. The van der Waals surface area contributed by atoms with Gasteiger partial charge in [0.1, 0.15) is 17.6 Å². The molecule has 1 aliphatic heterocycles. The molecule has 1 aliphatic rings. The number of ketones is 1. The second-order valence-electron chi connectivity index (χ2n) is 7.21. The van der Waals surface area contributed by atoms with Gasteiger partial charge in [-0.15, -0.1) is 11.3 Å². The minimum absolute atomic E-state index is 0.0836. The standard InChI is InChI=1S/C24H21NO4S/c1-14-6-4-8-17(12-14)25-20(23-15(2)10-11-30-23)19(22(27)24(25)28)21(26)16-7-5-9-18(13-16)29-3/h4-13,20,26H,1-3H3/b21-19-. The van der Waals surface area contributed by atoms with E-state index in [1.165, 1.54) is 23.3 Å². The molecule has 1 aromatic heterocycles. The summed E-state index contributed by atoms with van der Waals surface area (Å²) in [5.41, 5.74) is 3.07. The van der Waals surface area contributed by atoms with Crippen LogP contribution in [0.2, 0.25) is 0 Å². The maximum Gasteiger partial charge on any atom is 0.300 e. The van der Waals surface area contributed by atoms with Crippen LogP contribution in [0.5, 0.6) is 5.75 Å². The van der Waals surface area contributed by atoms with Crippen molar-refractivity contribution in [1.29, 1.82) is 0 Å². The Bertz CT molecular complexity index is 1180. The lowest BCUT2D eigenvalue weighted by Crippen LogP contribution is -2.29. The number of nitrogens with zero attached hydrogens (tertiary/aromatic N) is 1. The summed E-state index contributed by atoms with van der Waals surface area (Å²) in [6.07, 6.45) is 0. The molecule has 1 atom stereocenters. The highest BCUT2D eigenvalue weighted by molar-refractivity contribution is 7.10. The average Bonchev–Trinajstić information content (AvgIpc) is 3.28. The number of anilines is 1. The van der Waals surface area contributed by atoms with Crippen LogP contribution in [-0.4, -0.2) is 23.9 Å². The van der Waals surface area contributed by atoms with Gasteiger partial charge in [0.25, 0.3) is 11.7 Å². The second kappa shape index (κ2) is 7.80. The third-order valence-corrected chi connectivity index (χ3v) is 6.29. The van der Waals surface area contributed by atoms with Gasteiger partial charge in [-0.25, -0.2) is 0 Å². The van der Waals surface area contributed by atoms with Gasteiger partial charge in [-0.1, -0.05) is 24.3 Å². The lowest BCUT2D eigenvalue weighted by molar-refractivity contribution is -0.132. The predicted molar refractivity (Wildman–Crippen MR) is 118 cm³/mol. The van der Waals surface area contributed by atoms with E-state index in [-0.39, 0.29) is 11.3 Å². The molecule has 30 heavy (non-hydrogen) atoms. The minimum Gasteiger partial charge on any atom is -0.507 e. The molecule has 3 aromatic rings. The van der Waals surface area contributed by atoms with Crippen LogP contribution in [0.3, 0.4) is 0 Å². The van der Waals surface area contributed by atoms with Crippen molar-refractivity contribution in [1.82, 2.24) is 0 Å². The molecule has 152 valence electrons. The van der Waals surface area contributed by atoms with E-state index >= 15 is 0 Å². The third kappa shape index (κ3) is 3.29. The van der Waals surface area contributed by atoms with Gasteiger partial charge in [-0.3, -0.25) is 14.5 Å². The quantitative estimate of drug-likeness (QED) is 0.367. The van der Waals surface area contributed by atoms with Crippen LogP contribution in [0.15, 0.2) is 65.6 Å². The topological polar surface area (TPSA) is 66.8 Å². The van der Waals surface area contributed by atoms with Crippen LogP contribution in [0.1, 0.15) is 27.6 Å². The molecule has 1 saturated heterocycles. The summed E-state index contributed by atoms with van der Waals surface area (Å²) in [7, 11) is 1.53. The lowest BCUT2D eigenvalue weighted by atomic mass is 9.98. The highest BCUT2D eigenvalue weighted by atomic mass is 32.1. The zero-order valence-electron chi connectivity index (χ0n) is 16.9. The Morgan fingerprint density at radius 3 is 2.50 bits per heavy atom. The molecular weight excluding hydrogens is 398 g/mol. The van der Waals surface area contributed by atoms with Crippen LogP contribution in [0.25, 0.3) is 5.76 Å². The number of carbonyl (C=O) groups excluding carboxylic acids is 2. The number of Topliss-reactive ketones (excluding diaryl/α,β-unsaturated/α-hetero) is 1. The van der Waals surface area contributed by atoms with Crippen LogP contribution in [-0.2, 0) is 9.59 Å². The highest BCUT2D eigenvalue weighted by Gasteiger charge is 2.47. The molecule has 0 radical (unpaired) electrons. The molecule has 0 aliphatic carbocycles. The molecule has 0 spiro atoms. The zero-order valence-corrected chi connectivity index (χ0v) is 17.7. The number of ether oxygens (including phenoxy) is 1. The van der Waals surface area contributed by atoms with Gasteiger partial charge in [0.2, 0.25) is 0 Å². The Labute approximate surface area is 178 Å². The van der Waals surface area contributed by atoms with Gasteiger partial charge in [-0.05, 0) is 60.7 Å². The van der Waals surface area contributed by atoms with Crippen molar-refractivity contribution in [3.05, 3.63) is 87.1 Å². The molecule has 2 aromatic carbocycles. The van der Waals surface area contributed by atoms with E-state index in [4.69, 9.17) is 4.74 Å². The second-order valence-corrected chi connectivity index (χ2v) is 8.16. The third-order valence-electron chi connectivity index (χ3n) is 5.22. The number of amides is 1. The summed E-state index contributed by atoms with van der Waals surface area (Å²) < 4.78 is 5.24. The number of aryl methyl sites for hydroxylation is 2. The first-order valence-corrected chi connectivity index (χ1v) is 10.4. The van der Waals surface area contributed by atoms with Crippen LogP contribution >= 0.6 is 11.3 Å². The van der Waals surface area contributed by atoms with E-state index in [0.29, 0.717) is 17.0 Å². The first kappa shape index (κ1) is 19.9. The molecule has 1 fully saturated rings. The molecule has 6 heteroatoms. The molecule has 1 unspecified atom stereocenters. The largest absolute Gasteiger partial charge is 0.507 e. The van der Waals surface area contributed by atoms with E-state index in [2.05, 4.69) is 0 Å². The zero-order chi connectivity index (χ0) is 21.4. The fraction of sp³-hybridized carbons (Fsp3) is 0.167. The smallest absolute Gasteiger partial charge is 0.300 e. The first-order valence-electron chi connectivity index (χ1n) is 9.48. The Hall–Kier alpha value is -3.38. The molecule has 5 nitrogen and oxygen atoms in total. The summed E-state index contributed by atoms with van der Waals surface area (Å²) in [4.78, 5) is 28.6. The Morgan fingerprint density at radius 2 is 1.83 bits per heavy atom. The molecule has 0 bridgehead atoms. The number of methoxy groups -OCH3 is 1. The van der Waals surface area contributed by atoms with E-state index in [1.54, 1.807) is 30.3 Å². The summed E-state index contributed by atoms with van der Waals surface area (Å²) in [6.45, 7) is 3.87. The number of thiophene rings is 1.